The number of hydrogen-bond donors (Lipinski definition) is 1. The van der Waals surface area contributed by atoms with Gasteiger partial charge in [-0.05, 0) is 92.8 Å². The van der Waals surface area contributed by atoms with Crippen LogP contribution in [0.1, 0.15) is 86.5 Å². The highest BCUT2D eigenvalue weighted by atomic mass is 16.3. The van der Waals surface area contributed by atoms with Gasteiger partial charge in [0.15, 0.2) is 0 Å². The predicted octanol–water partition coefficient (Wildman–Crippen LogP) is 4.77. The number of Topliss-reactive ketones (excluding diaryl/α,β-unsaturated/α-hetero) is 2. The van der Waals surface area contributed by atoms with Crippen molar-refractivity contribution in [1.29, 1.82) is 0 Å². The van der Waals surface area contributed by atoms with Crippen LogP contribution in [-0.2, 0) is 19.2 Å². The molecule has 6 fully saturated rings. The van der Waals surface area contributed by atoms with Crippen LogP contribution in [0.2, 0.25) is 0 Å². The number of aliphatic hydroxyl groups excluding tert-OH is 1. The highest BCUT2D eigenvalue weighted by Crippen LogP contribution is 2.67. The van der Waals surface area contributed by atoms with Gasteiger partial charge in [-0.25, -0.2) is 0 Å². The minimum Gasteiger partial charge on any atom is -0.396 e. The number of fused-ring (bicyclic) bond motifs is 5. The first-order valence-electron chi connectivity index (χ1n) is 15.4. The van der Waals surface area contributed by atoms with Gasteiger partial charge in [0, 0.05) is 42.7 Å². The molecule has 1 heterocycles. The summed E-state index contributed by atoms with van der Waals surface area (Å²) in [5.41, 5.74) is -0.391. The molecule has 5 saturated carbocycles. The van der Waals surface area contributed by atoms with Crippen molar-refractivity contribution in [3.63, 3.8) is 0 Å². The first-order valence-corrected chi connectivity index (χ1v) is 15.4. The van der Waals surface area contributed by atoms with Crippen LogP contribution in [0.25, 0.3) is 0 Å². The highest BCUT2D eigenvalue weighted by Gasteiger charge is 2.64. The summed E-state index contributed by atoms with van der Waals surface area (Å²) in [4.78, 5) is 55.1. The maximum absolute atomic E-state index is 13.8. The van der Waals surface area contributed by atoms with E-state index in [0.29, 0.717) is 60.5 Å². The molecule has 6 aliphatic rings. The molecule has 0 aromatic carbocycles. The molecule has 212 valence electrons. The molecule has 0 aromatic heterocycles. The van der Waals surface area contributed by atoms with Crippen LogP contribution in [0.4, 0.5) is 0 Å². The molecule has 6 heteroatoms. The highest BCUT2D eigenvalue weighted by molar-refractivity contribution is 6.05. The van der Waals surface area contributed by atoms with Crippen LogP contribution in [0.15, 0.2) is 0 Å². The summed E-state index contributed by atoms with van der Waals surface area (Å²) in [6, 6.07) is 0. The molecular formula is C32H49NO5. The molecule has 5 aliphatic carbocycles. The maximum atomic E-state index is 13.8. The second-order valence-electron chi connectivity index (χ2n) is 14.6. The molecule has 0 radical (unpaired) electrons. The second-order valence-corrected chi connectivity index (χ2v) is 14.6. The molecule has 1 N–H and O–H groups in total. The lowest BCUT2D eigenvalue weighted by molar-refractivity contribution is -0.155. The minimum atomic E-state index is -0.391. The molecule has 6 rings (SSSR count). The van der Waals surface area contributed by atoms with E-state index in [0.717, 1.165) is 32.1 Å². The number of imide groups is 1. The van der Waals surface area contributed by atoms with E-state index in [1.165, 1.54) is 4.90 Å². The van der Waals surface area contributed by atoms with Crippen LogP contribution in [0.5, 0.6) is 0 Å². The van der Waals surface area contributed by atoms with E-state index in [2.05, 4.69) is 6.92 Å². The number of amides is 2. The first kappa shape index (κ1) is 28.0. The first-order chi connectivity index (χ1) is 17.9. The Morgan fingerprint density at radius 1 is 0.895 bits per heavy atom. The standard InChI is InChI=1S/C32H49NO5/c1-7-33-30(37)17(3)26(31(33)38)27-18-10-11-20(23(13-18)29(36)32(4,5)6)28(27)25-16(2)21-14-19(25)15-22(21)24(35)9-8-12-34/h16-23,25-28,34H,7-15H2,1-6H3. The van der Waals surface area contributed by atoms with E-state index >= 15 is 0 Å². The van der Waals surface area contributed by atoms with E-state index in [-0.39, 0.29) is 59.8 Å². The lowest BCUT2D eigenvalue weighted by Crippen LogP contribution is -2.56. The van der Waals surface area contributed by atoms with Crippen LogP contribution in [0.3, 0.4) is 0 Å². The van der Waals surface area contributed by atoms with E-state index in [1.807, 2.05) is 34.6 Å². The molecule has 12 atom stereocenters. The fourth-order valence-electron chi connectivity index (χ4n) is 10.5. The molecule has 1 aliphatic heterocycles. The van der Waals surface area contributed by atoms with Gasteiger partial charge in [-0.2, -0.15) is 0 Å². The molecule has 4 bridgehead atoms. The Morgan fingerprint density at radius 3 is 2.16 bits per heavy atom. The van der Waals surface area contributed by atoms with Gasteiger partial charge in [-0.15, -0.1) is 0 Å². The molecule has 12 unspecified atom stereocenters. The second kappa shape index (κ2) is 10.1. The zero-order valence-electron chi connectivity index (χ0n) is 24.3. The number of likely N-dealkylation sites (tertiary alicyclic amines) is 1. The molecule has 38 heavy (non-hydrogen) atoms. The Balaban J connectivity index is 1.50. The largest absolute Gasteiger partial charge is 0.396 e. The van der Waals surface area contributed by atoms with Crippen molar-refractivity contribution in [2.75, 3.05) is 13.2 Å². The Morgan fingerprint density at radius 2 is 1.58 bits per heavy atom. The third-order valence-electron chi connectivity index (χ3n) is 11.9. The third-order valence-corrected chi connectivity index (χ3v) is 11.9. The van der Waals surface area contributed by atoms with Crippen molar-refractivity contribution in [1.82, 2.24) is 4.90 Å². The Labute approximate surface area is 228 Å². The van der Waals surface area contributed by atoms with Crippen molar-refractivity contribution < 1.29 is 24.3 Å². The average Bonchev–Trinajstić information content (AvgIpc) is 3.51. The predicted molar refractivity (Wildman–Crippen MR) is 144 cm³/mol. The van der Waals surface area contributed by atoms with Crippen molar-refractivity contribution in [2.24, 2.45) is 76.4 Å². The summed E-state index contributed by atoms with van der Waals surface area (Å²) < 4.78 is 0. The summed E-state index contributed by atoms with van der Waals surface area (Å²) in [7, 11) is 0. The number of ketones is 2. The molecule has 1 saturated heterocycles. The van der Waals surface area contributed by atoms with Crippen LogP contribution >= 0.6 is 0 Å². The third kappa shape index (κ3) is 4.23. The summed E-state index contributed by atoms with van der Waals surface area (Å²) in [5, 5.41) is 9.24. The fourth-order valence-corrected chi connectivity index (χ4v) is 10.5. The van der Waals surface area contributed by atoms with Gasteiger partial charge >= 0.3 is 0 Å². The zero-order valence-corrected chi connectivity index (χ0v) is 24.3. The molecular weight excluding hydrogens is 478 g/mol. The molecule has 2 amide bonds. The number of carbonyl (C=O) groups is 4. The van der Waals surface area contributed by atoms with Gasteiger partial charge in [0.25, 0.3) is 0 Å². The summed E-state index contributed by atoms with van der Waals surface area (Å²) in [6.45, 7) is 12.8. The van der Waals surface area contributed by atoms with Crippen molar-refractivity contribution >= 4 is 23.4 Å². The SMILES string of the molecule is CCN1C(=O)C(C)C(C2C3CCC(C(C(=O)C(C)(C)C)C3)C2C2C3CC(C(=O)CCCO)C(C3)C2C)C1=O. The van der Waals surface area contributed by atoms with Gasteiger partial charge in [0.05, 0.1) is 5.92 Å². The van der Waals surface area contributed by atoms with E-state index in [4.69, 9.17) is 0 Å². The lowest BCUT2D eigenvalue weighted by Gasteiger charge is -2.58. The smallest absolute Gasteiger partial charge is 0.233 e. The van der Waals surface area contributed by atoms with Crippen LogP contribution in [0, 0.1) is 76.4 Å². The molecule has 0 spiro atoms. The summed E-state index contributed by atoms with van der Waals surface area (Å²) >= 11 is 0. The quantitative estimate of drug-likeness (QED) is 0.459. The Hall–Kier alpha value is -1.56. The van der Waals surface area contributed by atoms with E-state index in [9.17, 15) is 24.3 Å². The van der Waals surface area contributed by atoms with E-state index in [1.54, 1.807) is 0 Å². The average molecular weight is 528 g/mol. The normalized spacial score (nSPS) is 44.3. The molecule has 0 aromatic rings. The fraction of sp³-hybridized carbons (Fsp3) is 0.875. The zero-order chi connectivity index (χ0) is 27.7. The minimum absolute atomic E-state index is 0.0131. The van der Waals surface area contributed by atoms with Gasteiger partial charge in [-0.1, -0.05) is 34.6 Å². The number of hydrogen-bond acceptors (Lipinski definition) is 5. The summed E-state index contributed by atoms with van der Waals surface area (Å²) in [6.07, 6.45) is 5.93. The topological polar surface area (TPSA) is 91.8 Å². The van der Waals surface area contributed by atoms with Crippen molar-refractivity contribution in [3.8, 4) is 0 Å². The lowest BCUT2D eigenvalue weighted by atomic mass is 9.45. The van der Waals surface area contributed by atoms with Crippen LogP contribution in [-0.4, -0.2) is 46.5 Å². The van der Waals surface area contributed by atoms with Crippen LogP contribution < -0.4 is 0 Å². The summed E-state index contributed by atoms with van der Waals surface area (Å²) in [5.74, 6) is 2.76. The number of aliphatic hydroxyl groups is 1. The number of rotatable bonds is 8. The van der Waals surface area contributed by atoms with Gasteiger partial charge in [0.2, 0.25) is 11.8 Å². The van der Waals surface area contributed by atoms with Crippen molar-refractivity contribution in [2.45, 2.75) is 86.5 Å². The number of nitrogens with zero attached hydrogens (tertiary/aromatic N) is 1. The maximum Gasteiger partial charge on any atom is 0.233 e. The Bertz CT molecular complexity index is 981. The van der Waals surface area contributed by atoms with Crippen molar-refractivity contribution in [3.05, 3.63) is 0 Å². The van der Waals surface area contributed by atoms with E-state index < -0.39 is 5.41 Å². The van der Waals surface area contributed by atoms with Gasteiger partial charge in [0.1, 0.15) is 11.6 Å². The van der Waals surface area contributed by atoms with Gasteiger partial charge < -0.3 is 5.11 Å². The monoisotopic (exact) mass is 527 g/mol. The number of carbonyl (C=O) groups excluding carboxylic acids is 4. The molecule has 6 nitrogen and oxygen atoms in total. The van der Waals surface area contributed by atoms with Gasteiger partial charge in [-0.3, -0.25) is 24.1 Å². The Kier molecular flexibility index (Phi) is 7.46.